The average molecular weight is 707 g/mol. The molecule has 4 heteroatoms. The third-order valence-electron chi connectivity index (χ3n) is 11.0. The zero-order chi connectivity index (χ0) is 37.7. The highest BCUT2D eigenvalue weighted by Gasteiger charge is 2.25. The van der Waals surface area contributed by atoms with Gasteiger partial charge >= 0.3 is 0 Å². The van der Waals surface area contributed by atoms with E-state index in [0.717, 1.165) is 22.8 Å². The predicted octanol–water partition coefficient (Wildman–Crippen LogP) is 13.9. The van der Waals surface area contributed by atoms with Crippen molar-refractivity contribution in [2.75, 3.05) is 0 Å². The van der Waals surface area contributed by atoms with Crippen molar-refractivity contribution in [2.45, 2.75) is 79.1 Å². The minimum absolute atomic E-state index is 0.346. The zero-order valence-corrected chi connectivity index (χ0v) is 32.8. The Morgan fingerprint density at radius 3 is 1.06 bits per heavy atom. The molecule has 0 spiro atoms. The maximum atomic E-state index is 4.93. The van der Waals surface area contributed by atoms with Crippen LogP contribution in [0.5, 0.6) is 0 Å². The molecule has 4 heterocycles. The van der Waals surface area contributed by atoms with Gasteiger partial charge in [0.1, 0.15) is 0 Å². The van der Waals surface area contributed by atoms with Crippen LogP contribution in [0.3, 0.4) is 0 Å². The Bertz CT molecular complexity index is 2370. The van der Waals surface area contributed by atoms with Gasteiger partial charge in [0.05, 0.1) is 45.2 Å². The number of benzene rings is 4. The van der Waals surface area contributed by atoms with Gasteiger partial charge in [0.25, 0.3) is 0 Å². The first kappa shape index (κ1) is 35.3. The van der Waals surface area contributed by atoms with E-state index in [-0.39, 0.29) is 0 Å². The molecule has 0 N–H and O–H groups in total. The highest BCUT2D eigenvalue weighted by molar-refractivity contribution is 6.08. The second-order valence-electron chi connectivity index (χ2n) is 15.8. The van der Waals surface area contributed by atoms with Crippen LogP contribution in [0.15, 0.2) is 134 Å². The lowest BCUT2D eigenvalue weighted by atomic mass is 9.92. The van der Waals surface area contributed by atoms with E-state index in [0.29, 0.717) is 23.7 Å². The van der Waals surface area contributed by atoms with Crippen molar-refractivity contribution in [3.63, 3.8) is 0 Å². The van der Waals surface area contributed by atoms with Crippen LogP contribution >= 0.6 is 0 Å². The van der Waals surface area contributed by atoms with Gasteiger partial charge < -0.3 is 9.13 Å². The molecule has 0 saturated heterocycles. The third-order valence-corrected chi connectivity index (χ3v) is 11.0. The maximum Gasteiger partial charge on any atom is 0.0870 e. The Kier molecular flexibility index (Phi) is 9.31. The second kappa shape index (κ2) is 14.2. The van der Waals surface area contributed by atoms with Crippen molar-refractivity contribution < 1.29 is 0 Å². The maximum absolute atomic E-state index is 4.93. The Hall–Kier alpha value is -5.74. The first-order chi connectivity index (χ1) is 26.2. The molecule has 0 bridgehead atoms. The molecule has 0 aliphatic rings. The van der Waals surface area contributed by atoms with Crippen LogP contribution in [-0.4, -0.2) is 19.1 Å². The van der Waals surface area contributed by atoms with E-state index >= 15 is 0 Å². The van der Waals surface area contributed by atoms with Gasteiger partial charge in [-0.3, -0.25) is 9.97 Å². The molecule has 0 saturated carbocycles. The smallest absolute Gasteiger partial charge is 0.0870 e. The highest BCUT2D eigenvalue weighted by atomic mass is 15.0. The fraction of sp³-hybridized carbons (Fsp3) is 0.240. The average Bonchev–Trinajstić information content (AvgIpc) is 3.77. The van der Waals surface area contributed by atoms with E-state index < -0.39 is 0 Å². The summed E-state index contributed by atoms with van der Waals surface area (Å²) in [6.45, 7) is 18.4. The van der Waals surface area contributed by atoms with Gasteiger partial charge in [0.15, 0.2) is 0 Å². The number of fused-ring (bicyclic) bond motifs is 2. The van der Waals surface area contributed by atoms with Crippen molar-refractivity contribution in [1.82, 2.24) is 19.1 Å². The van der Waals surface area contributed by atoms with Crippen molar-refractivity contribution in [3.8, 4) is 45.3 Å². The summed E-state index contributed by atoms with van der Waals surface area (Å²) < 4.78 is 4.98. The van der Waals surface area contributed by atoms with Gasteiger partial charge in [-0.05, 0) is 106 Å². The van der Waals surface area contributed by atoms with Crippen LogP contribution in [0.2, 0.25) is 0 Å². The van der Waals surface area contributed by atoms with Gasteiger partial charge in [0, 0.05) is 23.2 Å². The number of rotatable bonds is 9. The summed E-state index contributed by atoms with van der Waals surface area (Å²) in [7, 11) is 0. The van der Waals surface area contributed by atoms with Crippen molar-refractivity contribution >= 4 is 21.8 Å². The monoisotopic (exact) mass is 706 g/mol. The van der Waals surface area contributed by atoms with E-state index in [1.807, 2.05) is 24.5 Å². The Morgan fingerprint density at radius 1 is 0.389 bits per heavy atom. The summed E-state index contributed by atoms with van der Waals surface area (Å²) in [6.07, 6.45) is 3.80. The molecule has 8 aromatic rings. The second-order valence-corrected chi connectivity index (χ2v) is 15.8. The minimum atomic E-state index is 0.346. The van der Waals surface area contributed by atoms with Crippen LogP contribution in [-0.2, 0) is 0 Å². The molecule has 8 rings (SSSR count). The fourth-order valence-corrected chi connectivity index (χ4v) is 8.36. The van der Waals surface area contributed by atoms with Gasteiger partial charge in [-0.1, -0.05) is 128 Å². The van der Waals surface area contributed by atoms with Crippen LogP contribution in [0.4, 0.5) is 0 Å². The molecular formula is C50H50N4. The zero-order valence-electron chi connectivity index (χ0n) is 32.8. The van der Waals surface area contributed by atoms with Gasteiger partial charge in [-0.15, -0.1) is 0 Å². The summed E-state index contributed by atoms with van der Waals surface area (Å²) in [5, 5.41) is 2.41. The van der Waals surface area contributed by atoms with Crippen molar-refractivity contribution in [2.24, 2.45) is 0 Å². The Labute approximate surface area is 320 Å². The summed E-state index contributed by atoms with van der Waals surface area (Å²) in [5.41, 5.74) is 16.8. The van der Waals surface area contributed by atoms with Gasteiger partial charge in [-0.25, -0.2) is 0 Å². The molecule has 0 unspecified atom stereocenters. The third kappa shape index (κ3) is 5.94. The normalized spacial score (nSPS) is 12.0. The number of para-hydroxylation sites is 2. The molecule has 4 aromatic heterocycles. The molecule has 0 atom stereocenters. The minimum Gasteiger partial charge on any atom is -0.307 e. The number of pyridine rings is 2. The lowest BCUT2D eigenvalue weighted by molar-refractivity contribution is 0.811. The molecule has 0 aliphatic carbocycles. The van der Waals surface area contributed by atoms with E-state index in [9.17, 15) is 0 Å². The molecular weight excluding hydrogens is 657 g/mol. The molecule has 0 radical (unpaired) electrons. The highest BCUT2D eigenvalue weighted by Crippen LogP contribution is 2.45. The molecule has 54 heavy (non-hydrogen) atoms. The van der Waals surface area contributed by atoms with E-state index in [1.54, 1.807) is 0 Å². The summed E-state index contributed by atoms with van der Waals surface area (Å²) in [6, 6.07) is 44.4. The van der Waals surface area contributed by atoms with Crippen LogP contribution < -0.4 is 0 Å². The largest absolute Gasteiger partial charge is 0.307 e. The van der Waals surface area contributed by atoms with E-state index in [4.69, 9.17) is 9.97 Å². The number of nitrogens with zero attached hydrogens (tertiary/aromatic N) is 4. The standard InChI is InChI=1S/C50H50N4/c1-31(2)35-17-13-18-36(32(3)4)49(35)53-45-25-15-21-39(41(45)29-47(53)43-23-9-11-27-51-43)40-22-16-26-46-42(40)30-48(44-24-10-12-28-52-44)54(46)50-37(33(5)6)19-14-20-38(50)34(7)8/h9-34H,1-8H3. The fourth-order valence-electron chi connectivity index (χ4n) is 8.36. The summed E-state index contributed by atoms with van der Waals surface area (Å²) >= 11 is 0. The SMILES string of the molecule is CC(C)c1cccc(C(C)C)c1-n1c(-c2ccccn2)cc2c(-c3cccc4c3cc(-c3ccccn3)n4-c3c(C(C)C)cccc3C(C)C)cccc21. The molecule has 0 amide bonds. The first-order valence-electron chi connectivity index (χ1n) is 19.5. The number of hydrogen-bond acceptors (Lipinski definition) is 2. The number of aromatic nitrogens is 4. The quantitative estimate of drug-likeness (QED) is 0.150. The van der Waals surface area contributed by atoms with E-state index in [2.05, 4.69) is 174 Å². The lowest BCUT2D eigenvalue weighted by Crippen LogP contribution is -2.08. The summed E-state index contributed by atoms with van der Waals surface area (Å²) in [4.78, 5) is 9.86. The molecule has 4 nitrogen and oxygen atoms in total. The molecule has 0 aliphatic heterocycles. The first-order valence-corrected chi connectivity index (χ1v) is 19.5. The Balaban J connectivity index is 1.48. The number of hydrogen-bond donors (Lipinski definition) is 0. The van der Waals surface area contributed by atoms with Gasteiger partial charge in [0.2, 0.25) is 0 Å². The lowest BCUT2D eigenvalue weighted by Gasteiger charge is -2.23. The van der Waals surface area contributed by atoms with Crippen LogP contribution in [0.25, 0.3) is 67.1 Å². The van der Waals surface area contributed by atoms with Crippen LogP contribution in [0.1, 0.15) is 101 Å². The predicted molar refractivity (Wildman–Crippen MR) is 228 cm³/mol. The van der Waals surface area contributed by atoms with Crippen molar-refractivity contribution in [1.29, 1.82) is 0 Å². The summed E-state index contributed by atoms with van der Waals surface area (Å²) in [5.74, 6) is 1.38. The van der Waals surface area contributed by atoms with E-state index in [1.165, 1.54) is 66.6 Å². The molecule has 4 aromatic carbocycles. The van der Waals surface area contributed by atoms with Crippen LogP contribution in [0, 0.1) is 0 Å². The molecule has 0 fully saturated rings. The Morgan fingerprint density at radius 2 is 0.741 bits per heavy atom. The van der Waals surface area contributed by atoms with Crippen molar-refractivity contribution in [3.05, 3.63) is 156 Å². The van der Waals surface area contributed by atoms with Gasteiger partial charge in [-0.2, -0.15) is 0 Å². The molecule has 270 valence electrons. The topological polar surface area (TPSA) is 35.6 Å².